The number of aromatic nitrogens is 1. The van der Waals surface area contributed by atoms with Crippen LogP contribution in [0.4, 0.5) is 0 Å². The van der Waals surface area contributed by atoms with Crippen LogP contribution in [-0.4, -0.2) is 36.0 Å². The van der Waals surface area contributed by atoms with Crippen LogP contribution < -0.4 is 4.74 Å². The molecule has 23 heavy (non-hydrogen) atoms. The molecule has 0 spiro atoms. The van der Waals surface area contributed by atoms with Gasteiger partial charge in [-0.3, -0.25) is 4.79 Å². The molecule has 5 heteroatoms. The first-order chi connectivity index (χ1) is 11.1. The maximum absolute atomic E-state index is 12.7. The van der Waals surface area contributed by atoms with Gasteiger partial charge < -0.3 is 9.64 Å². The highest BCUT2D eigenvalue weighted by Crippen LogP contribution is 2.31. The number of nitrogens with zero attached hydrogens (tertiary/aromatic N) is 2. The van der Waals surface area contributed by atoms with E-state index in [0.717, 1.165) is 42.9 Å². The molecule has 1 fully saturated rings. The molecule has 0 radical (unpaired) electrons. The van der Waals surface area contributed by atoms with Crippen LogP contribution in [0.2, 0.25) is 0 Å². The highest BCUT2D eigenvalue weighted by atomic mass is 32.1. The molecule has 0 N–H and O–H groups in total. The fourth-order valence-corrected chi connectivity index (χ4v) is 3.99. The molecule has 2 aromatic rings. The molecule has 122 valence electrons. The lowest BCUT2D eigenvalue weighted by Crippen LogP contribution is -2.37. The van der Waals surface area contributed by atoms with Crippen LogP contribution in [0.25, 0.3) is 0 Å². The van der Waals surface area contributed by atoms with E-state index in [1.807, 2.05) is 36.9 Å². The average Bonchev–Trinajstić information content (AvgIpc) is 3.01. The molecule has 1 aromatic carbocycles. The van der Waals surface area contributed by atoms with Crippen LogP contribution in [0, 0.1) is 13.8 Å². The van der Waals surface area contributed by atoms with Gasteiger partial charge in [0.25, 0.3) is 5.91 Å². The van der Waals surface area contributed by atoms with Crippen molar-refractivity contribution in [1.82, 2.24) is 9.88 Å². The van der Waals surface area contributed by atoms with Crippen LogP contribution in [0.3, 0.4) is 0 Å². The third-order valence-electron chi connectivity index (χ3n) is 4.42. The zero-order valence-electron chi connectivity index (χ0n) is 13.8. The Morgan fingerprint density at radius 1 is 1.30 bits per heavy atom. The number of piperidine rings is 1. The Morgan fingerprint density at radius 2 is 2.04 bits per heavy atom. The summed E-state index contributed by atoms with van der Waals surface area (Å²) >= 11 is 1.74. The number of carbonyl (C=O) groups is 1. The second-order valence-electron chi connectivity index (χ2n) is 6.08. The molecule has 1 aliphatic rings. The minimum Gasteiger partial charge on any atom is -0.496 e. The van der Waals surface area contributed by atoms with Crippen molar-refractivity contribution in [3.63, 3.8) is 0 Å². The number of carbonyl (C=O) groups excluding carboxylic acids is 1. The van der Waals surface area contributed by atoms with Gasteiger partial charge in [-0.2, -0.15) is 0 Å². The smallest absolute Gasteiger partial charge is 0.253 e. The van der Waals surface area contributed by atoms with E-state index in [4.69, 9.17) is 4.74 Å². The largest absolute Gasteiger partial charge is 0.496 e. The Kier molecular flexibility index (Phi) is 4.66. The Hall–Kier alpha value is -1.88. The van der Waals surface area contributed by atoms with Crippen molar-refractivity contribution < 1.29 is 9.53 Å². The second kappa shape index (κ2) is 6.71. The molecular formula is C18H22N2O2S. The topological polar surface area (TPSA) is 42.4 Å². The number of amides is 1. The molecule has 1 aromatic heterocycles. The van der Waals surface area contributed by atoms with Gasteiger partial charge >= 0.3 is 0 Å². The van der Waals surface area contributed by atoms with Gasteiger partial charge in [-0.05, 0) is 44.4 Å². The van der Waals surface area contributed by atoms with Crippen LogP contribution >= 0.6 is 11.3 Å². The van der Waals surface area contributed by atoms with Gasteiger partial charge in [-0.25, -0.2) is 4.98 Å². The standard InChI is InChI=1S/C18H22N2O2S/c1-12-4-5-15(10-16(12)22-3)18(21)20-8-6-14(7-9-20)17-19-13(2)11-23-17/h4-5,10-11,14H,6-9H2,1-3H3. The molecule has 3 rings (SSSR count). The van der Waals surface area contributed by atoms with Crippen molar-refractivity contribution in [3.8, 4) is 5.75 Å². The van der Waals surface area contributed by atoms with Crippen molar-refractivity contribution in [2.45, 2.75) is 32.6 Å². The summed E-state index contributed by atoms with van der Waals surface area (Å²) in [5.41, 5.74) is 2.84. The molecule has 0 bridgehead atoms. The summed E-state index contributed by atoms with van der Waals surface area (Å²) in [6.45, 7) is 5.59. The van der Waals surface area contributed by atoms with E-state index in [1.54, 1.807) is 18.4 Å². The molecule has 4 nitrogen and oxygen atoms in total. The predicted octanol–water partition coefficient (Wildman–Crippen LogP) is 3.79. The first-order valence-corrected chi connectivity index (χ1v) is 8.82. The minimum absolute atomic E-state index is 0.0945. The normalized spacial score (nSPS) is 15.7. The van der Waals surface area contributed by atoms with E-state index < -0.39 is 0 Å². The third kappa shape index (κ3) is 3.39. The third-order valence-corrected chi connectivity index (χ3v) is 5.55. The molecular weight excluding hydrogens is 308 g/mol. The molecule has 0 saturated carbocycles. The fourth-order valence-electron chi connectivity index (χ4n) is 3.02. The van der Waals surface area contributed by atoms with Gasteiger partial charge in [-0.1, -0.05) is 6.07 Å². The number of rotatable bonds is 3. The average molecular weight is 330 g/mol. The van der Waals surface area contributed by atoms with Crippen molar-refractivity contribution in [3.05, 3.63) is 45.4 Å². The molecule has 1 aliphatic heterocycles. The van der Waals surface area contributed by atoms with E-state index in [-0.39, 0.29) is 5.91 Å². The number of benzene rings is 1. The lowest BCUT2D eigenvalue weighted by Gasteiger charge is -2.31. The van der Waals surface area contributed by atoms with Crippen LogP contribution in [0.5, 0.6) is 5.75 Å². The van der Waals surface area contributed by atoms with E-state index in [2.05, 4.69) is 10.4 Å². The SMILES string of the molecule is COc1cc(C(=O)N2CCC(c3nc(C)cs3)CC2)ccc1C. The highest BCUT2D eigenvalue weighted by molar-refractivity contribution is 7.09. The molecule has 0 atom stereocenters. The number of ether oxygens (including phenoxy) is 1. The van der Waals surface area contributed by atoms with Gasteiger partial charge in [0.1, 0.15) is 5.75 Å². The molecule has 0 unspecified atom stereocenters. The monoisotopic (exact) mass is 330 g/mol. The Labute approximate surface area is 141 Å². The van der Waals surface area contributed by atoms with Crippen LogP contribution in [-0.2, 0) is 0 Å². The van der Waals surface area contributed by atoms with Gasteiger partial charge in [0.15, 0.2) is 0 Å². The summed E-state index contributed by atoms with van der Waals surface area (Å²) < 4.78 is 5.32. The quantitative estimate of drug-likeness (QED) is 0.860. The van der Waals surface area contributed by atoms with Crippen molar-refractivity contribution in [1.29, 1.82) is 0 Å². The summed E-state index contributed by atoms with van der Waals surface area (Å²) in [7, 11) is 1.64. The van der Waals surface area contributed by atoms with E-state index in [9.17, 15) is 4.79 Å². The van der Waals surface area contributed by atoms with E-state index >= 15 is 0 Å². The number of thiazole rings is 1. The number of hydrogen-bond acceptors (Lipinski definition) is 4. The first-order valence-electron chi connectivity index (χ1n) is 7.94. The maximum atomic E-state index is 12.7. The lowest BCUT2D eigenvalue weighted by atomic mass is 9.97. The van der Waals surface area contributed by atoms with Crippen molar-refractivity contribution in [2.24, 2.45) is 0 Å². The van der Waals surface area contributed by atoms with Gasteiger partial charge in [0.05, 0.1) is 12.1 Å². The number of likely N-dealkylation sites (tertiary alicyclic amines) is 1. The van der Waals surface area contributed by atoms with E-state index in [1.165, 1.54) is 5.01 Å². The number of aryl methyl sites for hydroxylation is 2. The van der Waals surface area contributed by atoms with Crippen molar-refractivity contribution in [2.75, 3.05) is 20.2 Å². The number of hydrogen-bond donors (Lipinski definition) is 0. The predicted molar refractivity (Wildman–Crippen MR) is 92.5 cm³/mol. The van der Waals surface area contributed by atoms with Crippen LogP contribution in [0.15, 0.2) is 23.6 Å². The summed E-state index contributed by atoms with van der Waals surface area (Å²) in [5, 5.41) is 3.32. The zero-order chi connectivity index (χ0) is 16.4. The maximum Gasteiger partial charge on any atom is 0.253 e. The van der Waals surface area contributed by atoms with Gasteiger partial charge in [-0.15, -0.1) is 11.3 Å². The Morgan fingerprint density at radius 3 is 2.65 bits per heavy atom. The molecule has 1 saturated heterocycles. The first kappa shape index (κ1) is 16.0. The molecule has 0 aliphatic carbocycles. The Balaban J connectivity index is 1.66. The highest BCUT2D eigenvalue weighted by Gasteiger charge is 2.26. The molecule has 2 heterocycles. The summed E-state index contributed by atoms with van der Waals surface area (Å²) in [4.78, 5) is 19.2. The van der Waals surface area contributed by atoms with Gasteiger partial charge in [0, 0.05) is 35.6 Å². The Bertz CT molecular complexity index is 703. The van der Waals surface area contributed by atoms with Crippen molar-refractivity contribution >= 4 is 17.2 Å². The molecule has 1 amide bonds. The summed E-state index contributed by atoms with van der Waals surface area (Å²) in [6.07, 6.45) is 1.98. The van der Waals surface area contributed by atoms with Crippen LogP contribution in [0.1, 0.15) is 45.4 Å². The summed E-state index contributed by atoms with van der Waals surface area (Å²) in [5.74, 6) is 1.35. The fraction of sp³-hybridized carbons (Fsp3) is 0.444. The minimum atomic E-state index is 0.0945. The second-order valence-corrected chi connectivity index (χ2v) is 6.97. The zero-order valence-corrected chi connectivity index (χ0v) is 14.7. The van der Waals surface area contributed by atoms with Gasteiger partial charge in [0.2, 0.25) is 0 Å². The van der Waals surface area contributed by atoms with E-state index in [0.29, 0.717) is 11.5 Å². The summed E-state index contributed by atoms with van der Waals surface area (Å²) in [6, 6.07) is 5.67. The lowest BCUT2D eigenvalue weighted by molar-refractivity contribution is 0.0712. The number of methoxy groups -OCH3 is 1.